The van der Waals surface area contributed by atoms with Crippen molar-refractivity contribution >= 4 is 11.9 Å². The smallest absolute Gasteiger partial charge is 0.308 e. The maximum absolute atomic E-state index is 13.0. The number of rotatable bonds is 35. The summed E-state index contributed by atoms with van der Waals surface area (Å²) in [5.74, 6) is 0.363. The summed E-state index contributed by atoms with van der Waals surface area (Å²) in [6.45, 7) is 10.4. The highest BCUT2D eigenvalue weighted by atomic mass is 16.5. The number of methoxy groups -OCH3 is 1. The van der Waals surface area contributed by atoms with Gasteiger partial charge in [-0.05, 0) is 38.5 Å². The summed E-state index contributed by atoms with van der Waals surface area (Å²) in [5.41, 5.74) is 0. The van der Waals surface area contributed by atoms with Crippen LogP contribution >= 0.6 is 0 Å². The van der Waals surface area contributed by atoms with Gasteiger partial charge in [-0.3, -0.25) is 9.59 Å². The fourth-order valence-electron chi connectivity index (χ4n) is 5.77. The molecule has 0 saturated heterocycles. The van der Waals surface area contributed by atoms with Crippen LogP contribution in [0.2, 0.25) is 0 Å². The average molecular weight is 626 g/mol. The van der Waals surface area contributed by atoms with Crippen molar-refractivity contribution < 1.29 is 23.8 Å². The Morgan fingerprint density at radius 3 is 1.61 bits per heavy atom. The second-order valence-corrected chi connectivity index (χ2v) is 12.9. The van der Waals surface area contributed by atoms with Crippen molar-refractivity contribution in [3.63, 3.8) is 0 Å². The first kappa shape index (κ1) is 42.9. The number of amides is 1. The van der Waals surface area contributed by atoms with Gasteiger partial charge in [0.1, 0.15) is 0 Å². The zero-order valence-electron chi connectivity index (χ0n) is 30.0. The molecule has 0 N–H and O–H groups in total. The van der Waals surface area contributed by atoms with Crippen LogP contribution in [0.15, 0.2) is 0 Å². The summed E-state index contributed by atoms with van der Waals surface area (Å²) in [5, 5.41) is 0. The van der Waals surface area contributed by atoms with Crippen molar-refractivity contribution in [1.82, 2.24) is 4.90 Å². The standard InChI is InChI=1S/C38H75NO5/c1-5-8-11-14-16-17-19-24-29-37(40)39(31-33-43-35-34-42-4)30-25-20-21-26-32-44-38(41)36(27-22-13-10-7-3)28-23-18-15-12-9-6-2/h36H,5-35H2,1-4H3. The van der Waals surface area contributed by atoms with Gasteiger partial charge in [-0.2, -0.15) is 0 Å². The minimum absolute atomic E-state index is 0.0289. The Bertz CT molecular complexity index is 614. The predicted octanol–water partition coefficient (Wildman–Crippen LogP) is 10.4. The van der Waals surface area contributed by atoms with E-state index in [9.17, 15) is 9.59 Å². The van der Waals surface area contributed by atoms with Crippen molar-refractivity contribution in [2.45, 2.75) is 181 Å². The zero-order chi connectivity index (χ0) is 32.4. The van der Waals surface area contributed by atoms with Crippen molar-refractivity contribution in [1.29, 1.82) is 0 Å². The third kappa shape index (κ3) is 28.3. The second-order valence-electron chi connectivity index (χ2n) is 12.9. The molecule has 0 aliphatic rings. The first-order chi connectivity index (χ1) is 21.6. The summed E-state index contributed by atoms with van der Waals surface area (Å²) in [7, 11) is 1.67. The van der Waals surface area contributed by atoms with Crippen LogP contribution in [0.1, 0.15) is 181 Å². The molecular formula is C38H75NO5. The van der Waals surface area contributed by atoms with Gasteiger partial charge in [-0.25, -0.2) is 0 Å². The van der Waals surface area contributed by atoms with Crippen LogP contribution in [-0.2, 0) is 23.8 Å². The van der Waals surface area contributed by atoms with Crippen LogP contribution in [-0.4, -0.2) is 63.4 Å². The molecule has 1 unspecified atom stereocenters. The zero-order valence-corrected chi connectivity index (χ0v) is 30.0. The Morgan fingerprint density at radius 1 is 0.523 bits per heavy atom. The van der Waals surface area contributed by atoms with Crippen molar-refractivity contribution in [3.05, 3.63) is 0 Å². The molecule has 0 heterocycles. The van der Waals surface area contributed by atoms with Crippen molar-refractivity contribution in [3.8, 4) is 0 Å². The average Bonchev–Trinajstić information content (AvgIpc) is 3.03. The van der Waals surface area contributed by atoms with E-state index in [1.807, 2.05) is 4.90 Å². The molecule has 44 heavy (non-hydrogen) atoms. The molecule has 0 aromatic heterocycles. The summed E-state index contributed by atoms with van der Waals surface area (Å²) in [6.07, 6.45) is 28.9. The van der Waals surface area contributed by atoms with Crippen LogP contribution < -0.4 is 0 Å². The molecule has 0 radical (unpaired) electrons. The van der Waals surface area contributed by atoms with Crippen LogP contribution in [0.5, 0.6) is 0 Å². The van der Waals surface area contributed by atoms with E-state index in [1.165, 1.54) is 89.9 Å². The summed E-state index contributed by atoms with van der Waals surface area (Å²) in [4.78, 5) is 27.9. The van der Waals surface area contributed by atoms with Crippen molar-refractivity contribution in [2.24, 2.45) is 5.92 Å². The number of carbonyl (C=O) groups excluding carboxylic acids is 2. The van der Waals surface area contributed by atoms with Gasteiger partial charge in [0, 0.05) is 26.6 Å². The fourth-order valence-corrected chi connectivity index (χ4v) is 5.77. The number of esters is 1. The van der Waals surface area contributed by atoms with E-state index in [2.05, 4.69) is 20.8 Å². The molecule has 6 heteroatoms. The second kappa shape index (κ2) is 34.7. The van der Waals surface area contributed by atoms with Gasteiger partial charge in [-0.1, -0.05) is 136 Å². The highest BCUT2D eigenvalue weighted by Gasteiger charge is 2.19. The number of nitrogens with zero attached hydrogens (tertiary/aromatic N) is 1. The number of ether oxygens (including phenoxy) is 3. The lowest BCUT2D eigenvalue weighted by molar-refractivity contribution is -0.149. The SMILES string of the molecule is CCCCCCCCCCC(=O)N(CCCCCCOC(=O)C(CCCCCC)CCCCCCCC)CCOCCOC. The molecule has 262 valence electrons. The normalized spacial score (nSPS) is 12.0. The van der Waals surface area contributed by atoms with Crippen LogP contribution in [0.3, 0.4) is 0 Å². The summed E-state index contributed by atoms with van der Waals surface area (Å²) < 4.78 is 16.5. The fraction of sp³-hybridized carbons (Fsp3) is 0.947. The molecule has 0 aromatic carbocycles. The molecule has 0 aliphatic carbocycles. The van der Waals surface area contributed by atoms with Gasteiger partial charge < -0.3 is 19.1 Å². The van der Waals surface area contributed by atoms with Gasteiger partial charge in [0.2, 0.25) is 5.91 Å². The molecule has 0 aromatic rings. The Morgan fingerprint density at radius 2 is 1.02 bits per heavy atom. The largest absolute Gasteiger partial charge is 0.465 e. The molecular weight excluding hydrogens is 550 g/mol. The molecule has 0 fully saturated rings. The lowest BCUT2D eigenvalue weighted by Crippen LogP contribution is -2.35. The number of carbonyl (C=O) groups is 2. The maximum atomic E-state index is 13.0. The van der Waals surface area contributed by atoms with E-state index in [4.69, 9.17) is 14.2 Å². The van der Waals surface area contributed by atoms with Crippen molar-refractivity contribution in [2.75, 3.05) is 46.6 Å². The predicted molar refractivity (Wildman–Crippen MR) is 186 cm³/mol. The van der Waals surface area contributed by atoms with E-state index in [0.717, 1.165) is 70.8 Å². The van der Waals surface area contributed by atoms with Crippen LogP contribution in [0, 0.1) is 5.92 Å². The lowest BCUT2D eigenvalue weighted by atomic mass is 9.94. The molecule has 0 bridgehead atoms. The van der Waals surface area contributed by atoms with Gasteiger partial charge >= 0.3 is 5.97 Å². The summed E-state index contributed by atoms with van der Waals surface area (Å²) in [6, 6.07) is 0. The number of hydrogen-bond acceptors (Lipinski definition) is 5. The number of unbranched alkanes of at least 4 members (excludes halogenated alkanes) is 18. The maximum Gasteiger partial charge on any atom is 0.308 e. The highest BCUT2D eigenvalue weighted by Crippen LogP contribution is 2.21. The first-order valence-corrected chi connectivity index (χ1v) is 19.1. The van der Waals surface area contributed by atoms with E-state index in [1.54, 1.807) is 7.11 Å². The Hall–Kier alpha value is -1.14. The Kier molecular flexibility index (Phi) is 33.8. The van der Waals surface area contributed by atoms with E-state index < -0.39 is 0 Å². The Labute approximate surface area is 274 Å². The van der Waals surface area contributed by atoms with Gasteiger partial charge in [0.05, 0.1) is 32.3 Å². The molecule has 0 aliphatic heterocycles. The van der Waals surface area contributed by atoms with E-state index in [-0.39, 0.29) is 17.8 Å². The minimum atomic E-state index is 0.0289. The van der Waals surface area contributed by atoms with E-state index in [0.29, 0.717) is 39.4 Å². The van der Waals surface area contributed by atoms with Gasteiger partial charge in [-0.15, -0.1) is 0 Å². The Balaban J connectivity index is 4.35. The van der Waals surface area contributed by atoms with Crippen LogP contribution in [0.25, 0.3) is 0 Å². The quantitative estimate of drug-likeness (QED) is 0.0518. The summed E-state index contributed by atoms with van der Waals surface area (Å²) >= 11 is 0. The third-order valence-corrected chi connectivity index (χ3v) is 8.75. The van der Waals surface area contributed by atoms with Gasteiger partial charge in [0.25, 0.3) is 0 Å². The minimum Gasteiger partial charge on any atom is -0.465 e. The highest BCUT2D eigenvalue weighted by molar-refractivity contribution is 5.76. The number of hydrogen-bond donors (Lipinski definition) is 0. The lowest BCUT2D eigenvalue weighted by Gasteiger charge is -2.23. The molecule has 1 atom stereocenters. The molecule has 0 spiro atoms. The topological polar surface area (TPSA) is 65.1 Å². The van der Waals surface area contributed by atoms with Crippen LogP contribution in [0.4, 0.5) is 0 Å². The molecule has 0 saturated carbocycles. The molecule has 6 nitrogen and oxygen atoms in total. The first-order valence-electron chi connectivity index (χ1n) is 19.1. The molecule has 1 amide bonds. The third-order valence-electron chi connectivity index (χ3n) is 8.75. The molecule has 0 rings (SSSR count). The van der Waals surface area contributed by atoms with E-state index >= 15 is 0 Å². The monoisotopic (exact) mass is 626 g/mol. The van der Waals surface area contributed by atoms with Gasteiger partial charge in [0.15, 0.2) is 0 Å².